The van der Waals surface area contributed by atoms with E-state index in [1.165, 1.54) is 24.0 Å². The minimum Gasteiger partial charge on any atom is -0.345 e. The smallest absolute Gasteiger partial charge is 0.254 e. The Hall–Kier alpha value is -2.10. The van der Waals surface area contributed by atoms with Crippen molar-refractivity contribution in [3.8, 4) is 0 Å². The number of hydrogen-bond donors (Lipinski definition) is 1. The lowest BCUT2D eigenvalue weighted by molar-refractivity contribution is 0.0931. The molecule has 1 saturated carbocycles. The second kappa shape index (κ2) is 5.12. The van der Waals surface area contributed by atoms with Crippen molar-refractivity contribution in [2.45, 2.75) is 25.8 Å². The molecular formula is C16H19N3O. The molecular weight excluding hydrogens is 250 g/mol. The Morgan fingerprint density at radius 3 is 2.60 bits per heavy atom. The van der Waals surface area contributed by atoms with E-state index < -0.39 is 0 Å². The summed E-state index contributed by atoms with van der Waals surface area (Å²) in [5.74, 6) is 0.522. The lowest BCUT2D eigenvalue weighted by Crippen LogP contribution is -2.29. The van der Waals surface area contributed by atoms with Gasteiger partial charge in [-0.3, -0.25) is 9.48 Å². The zero-order valence-electron chi connectivity index (χ0n) is 11.8. The molecule has 0 aliphatic heterocycles. The summed E-state index contributed by atoms with van der Waals surface area (Å²) in [4.78, 5) is 12.3. The van der Waals surface area contributed by atoms with E-state index in [0.717, 1.165) is 0 Å². The Labute approximate surface area is 118 Å². The van der Waals surface area contributed by atoms with E-state index in [1.54, 1.807) is 17.1 Å². The summed E-state index contributed by atoms with van der Waals surface area (Å²) in [5, 5.41) is 7.20. The molecule has 0 spiro atoms. The molecule has 1 fully saturated rings. The van der Waals surface area contributed by atoms with Gasteiger partial charge in [-0.15, -0.1) is 0 Å². The Balaban J connectivity index is 1.78. The van der Waals surface area contributed by atoms with E-state index in [1.807, 2.05) is 7.05 Å². The van der Waals surface area contributed by atoms with Crippen molar-refractivity contribution in [2.24, 2.45) is 13.0 Å². The molecule has 1 aromatic carbocycles. The van der Waals surface area contributed by atoms with Crippen molar-refractivity contribution < 1.29 is 4.79 Å². The van der Waals surface area contributed by atoms with Crippen LogP contribution in [-0.2, 0) is 7.05 Å². The van der Waals surface area contributed by atoms with E-state index in [2.05, 4.69) is 41.6 Å². The summed E-state index contributed by atoms with van der Waals surface area (Å²) < 4.78 is 1.65. The van der Waals surface area contributed by atoms with Gasteiger partial charge in [0, 0.05) is 13.2 Å². The van der Waals surface area contributed by atoms with E-state index in [9.17, 15) is 4.79 Å². The molecule has 1 atom stereocenters. The van der Waals surface area contributed by atoms with Crippen molar-refractivity contribution in [3.05, 3.63) is 53.3 Å². The van der Waals surface area contributed by atoms with E-state index in [-0.39, 0.29) is 11.9 Å². The van der Waals surface area contributed by atoms with Crippen molar-refractivity contribution in [2.75, 3.05) is 0 Å². The van der Waals surface area contributed by atoms with Crippen LogP contribution in [0.2, 0.25) is 0 Å². The summed E-state index contributed by atoms with van der Waals surface area (Å²) in [6, 6.07) is 8.54. The highest BCUT2D eigenvalue weighted by molar-refractivity contribution is 5.94. The number of benzene rings is 1. The second-order valence-electron chi connectivity index (χ2n) is 5.60. The third-order valence-corrected chi connectivity index (χ3v) is 3.78. The van der Waals surface area contributed by atoms with Crippen LogP contribution in [0.15, 0.2) is 36.7 Å². The lowest BCUT2D eigenvalue weighted by atomic mass is 10.0. The lowest BCUT2D eigenvalue weighted by Gasteiger charge is -2.18. The number of nitrogens with one attached hydrogen (secondary N) is 1. The van der Waals surface area contributed by atoms with Crippen LogP contribution in [-0.4, -0.2) is 15.7 Å². The normalized spacial score (nSPS) is 15.9. The molecule has 4 heteroatoms. The van der Waals surface area contributed by atoms with E-state index >= 15 is 0 Å². The maximum Gasteiger partial charge on any atom is 0.254 e. The summed E-state index contributed by atoms with van der Waals surface area (Å²) in [6.45, 7) is 2.07. The van der Waals surface area contributed by atoms with Gasteiger partial charge in [0.25, 0.3) is 5.91 Å². The molecule has 0 unspecified atom stereocenters. The Bertz CT molecular complexity index is 611. The molecule has 104 valence electrons. The van der Waals surface area contributed by atoms with Crippen molar-refractivity contribution in [1.29, 1.82) is 0 Å². The highest BCUT2D eigenvalue weighted by atomic mass is 16.1. The highest BCUT2D eigenvalue weighted by Gasteiger charge is 2.33. The SMILES string of the molecule is Cc1ccc([C@H](NC(=O)c2cnn(C)c2)C2CC2)cc1. The van der Waals surface area contributed by atoms with Gasteiger partial charge in [0.15, 0.2) is 0 Å². The van der Waals surface area contributed by atoms with Crippen LogP contribution in [0, 0.1) is 12.8 Å². The number of carbonyl (C=O) groups is 1. The molecule has 1 heterocycles. The van der Waals surface area contributed by atoms with Gasteiger partial charge >= 0.3 is 0 Å². The molecule has 1 aliphatic rings. The number of aryl methyl sites for hydroxylation is 2. The number of carbonyl (C=O) groups excluding carboxylic acids is 1. The van der Waals surface area contributed by atoms with Gasteiger partial charge in [-0.25, -0.2) is 0 Å². The fraction of sp³-hybridized carbons (Fsp3) is 0.375. The standard InChI is InChI=1S/C16H19N3O/c1-11-3-5-12(6-4-11)15(13-7-8-13)18-16(20)14-9-17-19(2)10-14/h3-6,9-10,13,15H,7-8H2,1-2H3,(H,18,20)/t15-/m0/s1. The highest BCUT2D eigenvalue weighted by Crippen LogP contribution is 2.41. The molecule has 20 heavy (non-hydrogen) atoms. The number of hydrogen-bond acceptors (Lipinski definition) is 2. The minimum atomic E-state index is -0.0458. The van der Waals surface area contributed by atoms with Gasteiger partial charge in [-0.1, -0.05) is 29.8 Å². The van der Waals surface area contributed by atoms with Crippen LogP contribution in [0.25, 0.3) is 0 Å². The Morgan fingerprint density at radius 1 is 1.35 bits per heavy atom. The third-order valence-electron chi connectivity index (χ3n) is 3.78. The van der Waals surface area contributed by atoms with Crippen molar-refractivity contribution in [3.63, 3.8) is 0 Å². The van der Waals surface area contributed by atoms with Crippen LogP contribution in [0.1, 0.15) is 40.4 Å². The van der Waals surface area contributed by atoms with Gasteiger partial charge in [-0.2, -0.15) is 5.10 Å². The Kier molecular flexibility index (Phi) is 3.30. The molecule has 3 rings (SSSR count). The first kappa shape index (κ1) is 12.9. The predicted octanol–water partition coefficient (Wildman–Crippen LogP) is 2.61. The second-order valence-corrected chi connectivity index (χ2v) is 5.60. The minimum absolute atomic E-state index is 0.0458. The van der Waals surface area contributed by atoms with Crippen molar-refractivity contribution in [1.82, 2.24) is 15.1 Å². The predicted molar refractivity (Wildman–Crippen MR) is 77.3 cm³/mol. The number of aromatic nitrogens is 2. The average molecular weight is 269 g/mol. The summed E-state index contributed by atoms with van der Waals surface area (Å²) in [7, 11) is 1.81. The van der Waals surface area contributed by atoms with Crippen LogP contribution in [0.4, 0.5) is 0 Å². The van der Waals surface area contributed by atoms with Crippen LogP contribution in [0.5, 0.6) is 0 Å². The first-order valence-corrected chi connectivity index (χ1v) is 6.99. The van der Waals surface area contributed by atoms with E-state index in [0.29, 0.717) is 11.5 Å². The number of rotatable bonds is 4. The van der Waals surface area contributed by atoms with Gasteiger partial charge < -0.3 is 5.32 Å². The average Bonchev–Trinajstić information content (AvgIpc) is 3.18. The van der Waals surface area contributed by atoms with Gasteiger partial charge in [-0.05, 0) is 31.2 Å². The molecule has 1 aliphatic carbocycles. The fourth-order valence-corrected chi connectivity index (χ4v) is 2.44. The van der Waals surface area contributed by atoms with Crippen LogP contribution < -0.4 is 5.32 Å². The van der Waals surface area contributed by atoms with Gasteiger partial charge in [0.2, 0.25) is 0 Å². The summed E-state index contributed by atoms with van der Waals surface area (Å²) in [6.07, 6.45) is 5.72. The van der Waals surface area contributed by atoms with Crippen LogP contribution in [0.3, 0.4) is 0 Å². The molecule has 1 N–H and O–H groups in total. The molecule has 2 aromatic rings. The summed E-state index contributed by atoms with van der Waals surface area (Å²) in [5.41, 5.74) is 3.04. The van der Waals surface area contributed by atoms with Gasteiger partial charge in [0.05, 0.1) is 17.8 Å². The molecule has 0 bridgehead atoms. The fourth-order valence-electron chi connectivity index (χ4n) is 2.44. The zero-order chi connectivity index (χ0) is 14.1. The number of amides is 1. The van der Waals surface area contributed by atoms with E-state index in [4.69, 9.17) is 0 Å². The van der Waals surface area contributed by atoms with Gasteiger partial charge in [0.1, 0.15) is 0 Å². The monoisotopic (exact) mass is 269 g/mol. The number of nitrogens with zero attached hydrogens (tertiary/aromatic N) is 2. The maximum atomic E-state index is 12.3. The molecule has 1 aromatic heterocycles. The van der Waals surface area contributed by atoms with Crippen LogP contribution >= 0.6 is 0 Å². The maximum absolute atomic E-state index is 12.3. The largest absolute Gasteiger partial charge is 0.345 e. The molecule has 1 amide bonds. The Morgan fingerprint density at radius 2 is 2.05 bits per heavy atom. The van der Waals surface area contributed by atoms with Crippen molar-refractivity contribution >= 4 is 5.91 Å². The topological polar surface area (TPSA) is 46.9 Å². The molecule has 4 nitrogen and oxygen atoms in total. The quantitative estimate of drug-likeness (QED) is 0.927. The molecule has 0 radical (unpaired) electrons. The molecule has 0 saturated heterocycles. The summed E-state index contributed by atoms with van der Waals surface area (Å²) >= 11 is 0. The zero-order valence-corrected chi connectivity index (χ0v) is 11.8. The first-order valence-electron chi connectivity index (χ1n) is 6.99. The third kappa shape index (κ3) is 2.74. The first-order chi connectivity index (χ1) is 9.63.